The number of aryl methyl sites for hydroxylation is 1. The average Bonchev–Trinajstić information content (AvgIpc) is 3.80. The predicted molar refractivity (Wildman–Crippen MR) is 209 cm³/mol. The highest BCUT2D eigenvalue weighted by Gasteiger charge is 2.22. The standard InChI is InChI=1S/C32H31N5O5.C5H12.C2H4O.C2H6/c1-19-13-22-18-33-32(35-30(22)37(19)24-5-2-3-6-24)34-23-15-20(14-21(16-23)31(39)40)25-7-4-8-26-27(38)17-28(42-29(25)26)36-9-11-41-12-10-36;1-4-5(2)3;1-2-3;1-2/h4,7-8,13-18,24H,2-3,5-6,9-12H2,1H3,(H,39,40)(H,33,34,35);5H,4H2,1-3H3;2H,1H3;1-2H3. The maximum atomic E-state index is 13.1. The number of hydrogen-bond donors (Lipinski definition) is 2. The van der Waals surface area contributed by atoms with Gasteiger partial charge in [0.05, 0.1) is 24.2 Å². The Morgan fingerprint density at radius 2 is 1.75 bits per heavy atom. The number of aromatic carboxylic acids is 1. The Morgan fingerprint density at radius 3 is 2.38 bits per heavy atom. The first-order chi connectivity index (χ1) is 25.1. The van der Waals surface area contributed by atoms with Gasteiger partial charge in [0.1, 0.15) is 17.5 Å². The smallest absolute Gasteiger partial charge is 0.335 e. The van der Waals surface area contributed by atoms with Crippen molar-refractivity contribution < 1.29 is 23.8 Å². The Bertz CT molecular complexity index is 2000. The van der Waals surface area contributed by atoms with Crippen molar-refractivity contribution in [2.24, 2.45) is 5.92 Å². The van der Waals surface area contributed by atoms with E-state index in [1.165, 1.54) is 32.3 Å². The molecule has 1 saturated heterocycles. The summed E-state index contributed by atoms with van der Waals surface area (Å²) in [5.41, 5.74) is 4.10. The first-order valence-corrected chi connectivity index (χ1v) is 18.4. The van der Waals surface area contributed by atoms with Crippen LogP contribution in [0.4, 0.5) is 17.5 Å². The third-order valence-electron chi connectivity index (χ3n) is 9.09. The summed E-state index contributed by atoms with van der Waals surface area (Å²) < 4.78 is 14.1. The number of benzene rings is 2. The summed E-state index contributed by atoms with van der Waals surface area (Å²) in [6.45, 7) is 16.5. The van der Waals surface area contributed by atoms with E-state index in [9.17, 15) is 14.7 Å². The summed E-state index contributed by atoms with van der Waals surface area (Å²) in [6, 6.07) is 14.4. The van der Waals surface area contributed by atoms with Gasteiger partial charge in [-0.25, -0.2) is 9.78 Å². The van der Waals surface area contributed by atoms with Crippen molar-refractivity contribution in [1.82, 2.24) is 14.5 Å². The number of carboxylic acids is 1. The summed E-state index contributed by atoms with van der Waals surface area (Å²) in [5.74, 6) is 0.665. The molecule has 2 N–H and O–H groups in total. The van der Waals surface area contributed by atoms with Crippen molar-refractivity contribution in [2.45, 2.75) is 86.6 Å². The minimum atomic E-state index is -1.07. The van der Waals surface area contributed by atoms with Crippen LogP contribution in [0, 0.1) is 12.8 Å². The first-order valence-electron chi connectivity index (χ1n) is 18.4. The molecule has 1 aliphatic heterocycles. The fraction of sp³-hybridized carbons (Fsp3) is 0.439. The van der Waals surface area contributed by atoms with E-state index in [4.69, 9.17) is 18.9 Å². The van der Waals surface area contributed by atoms with Crippen LogP contribution in [0.3, 0.4) is 0 Å². The van der Waals surface area contributed by atoms with Crippen LogP contribution in [-0.2, 0) is 9.53 Å². The van der Waals surface area contributed by atoms with E-state index in [1.54, 1.807) is 30.5 Å². The first kappa shape index (κ1) is 39.8. The molecular weight excluding hydrogens is 658 g/mol. The molecule has 2 aliphatic rings. The molecule has 1 aliphatic carbocycles. The normalized spacial score (nSPS) is 14.2. The lowest BCUT2D eigenvalue weighted by atomic mass is 9.99. The summed E-state index contributed by atoms with van der Waals surface area (Å²) in [6.07, 6.45) is 8.56. The molecule has 0 atom stereocenters. The molecule has 278 valence electrons. The number of ether oxygens (including phenoxy) is 1. The monoisotopic (exact) mass is 711 g/mol. The number of para-hydroxylation sites is 1. The van der Waals surface area contributed by atoms with E-state index in [1.807, 2.05) is 30.9 Å². The molecule has 0 bridgehead atoms. The number of aldehydes is 1. The fourth-order valence-corrected chi connectivity index (χ4v) is 6.26. The van der Waals surface area contributed by atoms with Crippen LogP contribution in [0.2, 0.25) is 0 Å². The lowest BCUT2D eigenvalue weighted by molar-refractivity contribution is -0.106. The van der Waals surface area contributed by atoms with Gasteiger partial charge >= 0.3 is 5.97 Å². The maximum absolute atomic E-state index is 13.1. The second-order valence-electron chi connectivity index (χ2n) is 13.1. The van der Waals surface area contributed by atoms with E-state index in [0.29, 0.717) is 72.0 Å². The highest BCUT2D eigenvalue weighted by atomic mass is 16.5. The van der Waals surface area contributed by atoms with Crippen LogP contribution in [0.1, 0.15) is 95.7 Å². The number of anilines is 3. The second kappa shape index (κ2) is 19.0. The number of morpholine rings is 1. The summed E-state index contributed by atoms with van der Waals surface area (Å²) in [5, 5.41) is 14.6. The van der Waals surface area contributed by atoms with E-state index in [0.717, 1.165) is 41.8 Å². The van der Waals surface area contributed by atoms with Gasteiger partial charge in [0.15, 0.2) is 11.3 Å². The molecule has 11 nitrogen and oxygen atoms in total. The van der Waals surface area contributed by atoms with Crippen LogP contribution in [0.15, 0.2) is 63.9 Å². The van der Waals surface area contributed by atoms with Gasteiger partial charge in [0, 0.05) is 53.7 Å². The number of carbonyl (C=O) groups is 2. The van der Waals surface area contributed by atoms with Crippen molar-refractivity contribution in [3.05, 3.63) is 76.2 Å². The molecule has 0 spiro atoms. The molecule has 1 saturated carbocycles. The van der Waals surface area contributed by atoms with Gasteiger partial charge in [-0.1, -0.05) is 66.0 Å². The van der Waals surface area contributed by atoms with Crippen LogP contribution < -0.4 is 15.6 Å². The van der Waals surface area contributed by atoms with Crippen molar-refractivity contribution in [3.8, 4) is 11.1 Å². The predicted octanol–water partition coefficient (Wildman–Crippen LogP) is 9.19. The lowest BCUT2D eigenvalue weighted by Crippen LogP contribution is -2.36. The largest absolute Gasteiger partial charge is 0.478 e. The molecular formula is C41H53N5O6. The molecule has 11 heteroatoms. The van der Waals surface area contributed by atoms with Crippen molar-refractivity contribution in [3.63, 3.8) is 0 Å². The Hall–Kier alpha value is -5.03. The minimum absolute atomic E-state index is 0.0879. The summed E-state index contributed by atoms with van der Waals surface area (Å²) in [7, 11) is 0. The lowest BCUT2D eigenvalue weighted by Gasteiger charge is -2.27. The topological polar surface area (TPSA) is 140 Å². The van der Waals surface area contributed by atoms with Gasteiger partial charge in [-0.05, 0) is 68.5 Å². The summed E-state index contributed by atoms with van der Waals surface area (Å²) in [4.78, 5) is 45.5. The Balaban J connectivity index is 0.000000544. The number of rotatable bonds is 7. The number of nitrogens with one attached hydrogen (secondary N) is 1. The summed E-state index contributed by atoms with van der Waals surface area (Å²) >= 11 is 0. The molecule has 3 aromatic heterocycles. The van der Waals surface area contributed by atoms with Crippen LogP contribution in [0.5, 0.6) is 0 Å². The highest BCUT2D eigenvalue weighted by Crippen LogP contribution is 2.36. The van der Waals surface area contributed by atoms with E-state index in [2.05, 4.69) is 48.6 Å². The maximum Gasteiger partial charge on any atom is 0.335 e. The molecule has 2 aromatic carbocycles. The average molecular weight is 712 g/mol. The molecule has 52 heavy (non-hydrogen) atoms. The number of carboxylic acid groups (broad SMARTS) is 1. The highest BCUT2D eigenvalue weighted by molar-refractivity contribution is 5.97. The molecule has 5 aromatic rings. The van der Waals surface area contributed by atoms with Gasteiger partial charge in [0.25, 0.3) is 0 Å². The van der Waals surface area contributed by atoms with E-state index >= 15 is 0 Å². The van der Waals surface area contributed by atoms with Crippen molar-refractivity contribution >= 4 is 51.8 Å². The molecule has 0 unspecified atom stereocenters. The molecule has 0 amide bonds. The third kappa shape index (κ3) is 9.64. The molecule has 4 heterocycles. The third-order valence-corrected chi connectivity index (χ3v) is 9.09. The zero-order valence-electron chi connectivity index (χ0n) is 31.6. The molecule has 7 rings (SSSR count). The molecule has 0 radical (unpaired) electrons. The number of aromatic nitrogens is 3. The van der Waals surface area contributed by atoms with E-state index < -0.39 is 5.97 Å². The van der Waals surface area contributed by atoms with Crippen molar-refractivity contribution in [1.29, 1.82) is 0 Å². The Kier molecular flexibility index (Phi) is 14.5. The van der Waals surface area contributed by atoms with Crippen LogP contribution in [-0.4, -0.2) is 58.2 Å². The van der Waals surface area contributed by atoms with E-state index in [-0.39, 0.29) is 11.0 Å². The van der Waals surface area contributed by atoms with Gasteiger partial charge in [-0.2, -0.15) is 4.98 Å². The minimum Gasteiger partial charge on any atom is -0.478 e. The number of fused-ring (bicyclic) bond motifs is 2. The number of carbonyl (C=O) groups excluding carboxylic acids is 1. The van der Waals surface area contributed by atoms with Crippen LogP contribution >= 0.6 is 0 Å². The Morgan fingerprint density at radius 1 is 1.08 bits per heavy atom. The van der Waals surface area contributed by atoms with Gasteiger partial charge in [-0.3, -0.25) is 4.79 Å². The fourth-order valence-electron chi connectivity index (χ4n) is 6.26. The quantitative estimate of drug-likeness (QED) is 0.157. The van der Waals surface area contributed by atoms with Crippen molar-refractivity contribution in [2.75, 3.05) is 36.5 Å². The number of hydrogen-bond acceptors (Lipinski definition) is 9. The Labute approximate surface area is 306 Å². The second-order valence-corrected chi connectivity index (χ2v) is 13.1. The van der Waals surface area contributed by atoms with Crippen LogP contribution in [0.25, 0.3) is 33.1 Å². The number of nitrogens with zero attached hydrogens (tertiary/aromatic N) is 4. The van der Waals surface area contributed by atoms with Gasteiger partial charge < -0.3 is 33.8 Å². The zero-order chi connectivity index (χ0) is 37.8. The zero-order valence-corrected chi connectivity index (χ0v) is 31.6. The SMILES string of the molecule is CC.CC=O.CCC(C)C.Cc1cc2cnc(Nc3cc(C(=O)O)cc(-c4cccc5c(=O)cc(N6CCOCC6)oc45)c3)nc2n1C1CCCC1. The van der Waals surface area contributed by atoms with Gasteiger partial charge in [-0.15, -0.1) is 0 Å². The molecule has 2 fully saturated rings. The van der Waals surface area contributed by atoms with Gasteiger partial charge in [0.2, 0.25) is 5.95 Å².